The molecule has 0 aliphatic carbocycles. The number of nitrogens with one attached hydrogen (secondary N) is 1. The number of carbonyl (C=O) groups excluding carboxylic acids is 1. The zero-order chi connectivity index (χ0) is 27.8. The van der Waals surface area contributed by atoms with E-state index >= 15 is 0 Å². The van der Waals surface area contributed by atoms with Gasteiger partial charge in [-0.25, -0.2) is 17.8 Å². The summed E-state index contributed by atoms with van der Waals surface area (Å²) in [6.45, 7) is 0. The Kier molecular flexibility index (Phi) is 7.43. The molecule has 0 spiro atoms. The van der Waals surface area contributed by atoms with Gasteiger partial charge in [0.2, 0.25) is 10.0 Å². The van der Waals surface area contributed by atoms with Crippen molar-refractivity contribution in [3.8, 4) is 23.0 Å². The van der Waals surface area contributed by atoms with Crippen LogP contribution in [0.15, 0.2) is 54.2 Å². The summed E-state index contributed by atoms with van der Waals surface area (Å²) < 4.78 is 105. The number of sulfonamides is 1. The van der Waals surface area contributed by atoms with E-state index in [2.05, 4.69) is 5.10 Å². The molecule has 37 heavy (non-hydrogen) atoms. The summed E-state index contributed by atoms with van der Waals surface area (Å²) in [4.78, 5) is 12.2. The zero-order valence-electron chi connectivity index (χ0n) is 18.3. The van der Waals surface area contributed by atoms with Crippen molar-refractivity contribution in [3.63, 3.8) is 0 Å². The molecule has 1 amide bonds. The summed E-state index contributed by atoms with van der Waals surface area (Å²) in [5.41, 5.74) is -4.46. The van der Waals surface area contributed by atoms with Gasteiger partial charge in [-0.3, -0.25) is 4.79 Å². The van der Waals surface area contributed by atoms with Gasteiger partial charge in [0.05, 0.1) is 23.1 Å². The van der Waals surface area contributed by atoms with Crippen LogP contribution in [0.5, 0.6) is 0 Å². The second-order valence-electron chi connectivity index (χ2n) is 7.53. The molecular weight excluding hydrogens is 550 g/mol. The van der Waals surface area contributed by atoms with Crippen molar-refractivity contribution >= 4 is 33.6 Å². The van der Waals surface area contributed by atoms with Gasteiger partial charge in [0.15, 0.2) is 0 Å². The van der Waals surface area contributed by atoms with Crippen LogP contribution in [-0.4, -0.2) is 30.4 Å². The first-order valence-electron chi connectivity index (χ1n) is 9.77. The van der Waals surface area contributed by atoms with E-state index in [4.69, 9.17) is 11.6 Å². The number of carbonyl (C=O) groups is 1. The molecule has 3 rings (SSSR count). The average molecular weight is 563 g/mol. The summed E-state index contributed by atoms with van der Waals surface area (Å²) >= 11 is 5.99. The van der Waals surface area contributed by atoms with Crippen molar-refractivity contribution in [3.05, 3.63) is 75.9 Å². The summed E-state index contributed by atoms with van der Waals surface area (Å²) in [5.74, 6) is -1.31. The first-order valence-corrected chi connectivity index (χ1v) is 12.0. The molecule has 1 heterocycles. The van der Waals surface area contributed by atoms with Gasteiger partial charge in [0, 0.05) is 22.3 Å². The Hall–Kier alpha value is -3.83. The number of halogens is 7. The first-order chi connectivity index (χ1) is 17.0. The molecule has 0 saturated carbocycles. The fourth-order valence-electron chi connectivity index (χ4n) is 3.08. The number of alkyl halides is 6. The van der Waals surface area contributed by atoms with Gasteiger partial charge in [-0.2, -0.15) is 36.7 Å². The maximum absolute atomic E-state index is 13.3. The molecule has 0 aliphatic heterocycles. The smallest absolute Gasteiger partial charge is 0.267 e. The minimum Gasteiger partial charge on any atom is -0.267 e. The number of nitriles is 1. The Morgan fingerprint density at radius 2 is 1.68 bits per heavy atom. The highest BCUT2D eigenvalue weighted by atomic mass is 35.5. The summed E-state index contributed by atoms with van der Waals surface area (Å²) in [6, 6.07) is 8.15. The molecule has 0 atom stereocenters. The molecular formula is C22H13ClF6N4O3S. The highest BCUT2D eigenvalue weighted by molar-refractivity contribution is 7.89. The minimum absolute atomic E-state index is 0.0466. The van der Waals surface area contributed by atoms with Crippen molar-refractivity contribution in [1.29, 1.82) is 5.26 Å². The van der Waals surface area contributed by atoms with Crippen molar-refractivity contribution < 1.29 is 39.6 Å². The van der Waals surface area contributed by atoms with Crippen LogP contribution in [0.4, 0.5) is 26.3 Å². The number of hydrogen-bond acceptors (Lipinski definition) is 5. The average Bonchev–Trinajstić information content (AvgIpc) is 3.18. The Balaban J connectivity index is 2.28. The Labute approximate surface area is 210 Å². The number of hydrogen-bond donors (Lipinski definition) is 1. The van der Waals surface area contributed by atoms with Gasteiger partial charge < -0.3 is 0 Å². The van der Waals surface area contributed by atoms with Gasteiger partial charge in [-0.1, -0.05) is 23.7 Å². The molecule has 0 unspecified atom stereocenters. The third-order valence-electron chi connectivity index (χ3n) is 4.62. The fourth-order valence-corrected chi connectivity index (χ4v) is 3.72. The first kappa shape index (κ1) is 27.8. The maximum Gasteiger partial charge on any atom is 0.416 e. The van der Waals surface area contributed by atoms with E-state index in [-0.39, 0.29) is 27.9 Å². The molecule has 0 fully saturated rings. The number of aromatic nitrogens is 2. The second kappa shape index (κ2) is 9.91. The minimum atomic E-state index is -5.11. The van der Waals surface area contributed by atoms with E-state index in [9.17, 15) is 44.8 Å². The van der Waals surface area contributed by atoms with Crippen LogP contribution in [0.2, 0.25) is 5.02 Å². The molecule has 1 N–H and O–H groups in total. The molecule has 2 aromatic carbocycles. The van der Waals surface area contributed by atoms with Crippen LogP contribution in [0.25, 0.3) is 23.0 Å². The van der Waals surface area contributed by atoms with Gasteiger partial charge in [-0.05, 0) is 36.4 Å². The summed E-state index contributed by atoms with van der Waals surface area (Å²) in [5, 5.41) is 13.6. The second-order valence-corrected chi connectivity index (χ2v) is 9.71. The molecule has 15 heteroatoms. The number of amides is 1. The molecule has 194 valence electrons. The third kappa shape index (κ3) is 6.89. The van der Waals surface area contributed by atoms with Crippen LogP contribution in [-0.2, 0) is 27.2 Å². The highest BCUT2D eigenvalue weighted by Crippen LogP contribution is 2.37. The molecule has 7 nitrogen and oxygen atoms in total. The van der Waals surface area contributed by atoms with E-state index in [0.717, 1.165) is 12.3 Å². The Morgan fingerprint density at radius 3 is 2.16 bits per heavy atom. The fraction of sp³-hybridized carbons (Fsp3) is 0.136. The predicted molar refractivity (Wildman–Crippen MR) is 121 cm³/mol. The van der Waals surface area contributed by atoms with Crippen molar-refractivity contribution in [2.24, 2.45) is 0 Å². The van der Waals surface area contributed by atoms with Crippen molar-refractivity contribution in [1.82, 2.24) is 14.5 Å². The number of benzene rings is 2. The lowest BCUT2D eigenvalue weighted by atomic mass is 10.1. The molecule has 3 aromatic rings. The summed E-state index contributed by atoms with van der Waals surface area (Å²) in [6.07, 6.45) is -7.69. The lowest BCUT2D eigenvalue weighted by molar-refractivity contribution is -0.143. The standard InChI is InChI=1S/C22H13ClF6N4O3S/c1-37(35,36)32-20(34)13(10-30)5-14-11-33(31-19(14)12-3-2-4-17(23)6-12)18-8-15(21(24,25)26)7-16(9-18)22(27,28)29/h2-9,11H,1H3,(H,32,34). The van der Waals surface area contributed by atoms with E-state index < -0.39 is 50.7 Å². The quantitative estimate of drug-likeness (QED) is 0.261. The lowest BCUT2D eigenvalue weighted by Crippen LogP contribution is -2.30. The van der Waals surface area contributed by atoms with Gasteiger partial charge in [0.1, 0.15) is 17.3 Å². The third-order valence-corrected chi connectivity index (χ3v) is 5.41. The molecule has 1 aromatic heterocycles. The Bertz CT molecular complexity index is 1520. The van der Waals surface area contributed by atoms with Crippen molar-refractivity contribution in [2.45, 2.75) is 12.4 Å². The molecule has 0 saturated heterocycles. The van der Waals surface area contributed by atoms with Crippen LogP contribution in [0, 0.1) is 11.3 Å². The molecule has 0 radical (unpaired) electrons. The summed E-state index contributed by atoms with van der Waals surface area (Å²) in [7, 11) is -4.06. The lowest BCUT2D eigenvalue weighted by Gasteiger charge is -2.14. The van der Waals surface area contributed by atoms with Crippen LogP contribution in [0.1, 0.15) is 16.7 Å². The van der Waals surface area contributed by atoms with Gasteiger partial charge >= 0.3 is 12.4 Å². The van der Waals surface area contributed by atoms with E-state index in [1.807, 2.05) is 0 Å². The SMILES string of the molecule is CS(=O)(=O)NC(=O)C(C#N)=Cc1cn(-c2cc(C(F)(F)F)cc(C(F)(F)F)c2)nc1-c1cccc(Cl)c1. The van der Waals surface area contributed by atoms with Crippen LogP contribution < -0.4 is 4.72 Å². The van der Waals surface area contributed by atoms with Crippen LogP contribution >= 0.6 is 11.6 Å². The highest BCUT2D eigenvalue weighted by Gasteiger charge is 2.37. The van der Waals surface area contributed by atoms with E-state index in [1.165, 1.54) is 30.3 Å². The zero-order valence-corrected chi connectivity index (χ0v) is 19.9. The monoisotopic (exact) mass is 562 g/mol. The molecule has 0 aliphatic rings. The number of rotatable bonds is 5. The van der Waals surface area contributed by atoms with Gasteiger partial charge in [-0.15, -0.1) is 0 Å². The topological polar surface area (TPSA) is 105 Å². The van der Waals surface area contributed by atoms with Crippen LogP contribution in [0.3, 0.4) is 0 Å². The maximum atomic E-state index is 13.3. The molecule has 0 bridgehead atoms. The van der Waals surface area contributed by atoms with E-state index in [1.54, 1.807) is 4.72 Å². The van der Waals surface area contributed by atoms with Gasteiger partial charge in [0.25, 0.3) is 5.91 Å². The van der Waals surface area contributed by atoms with Crippen molar-refractivity contribution in [2.75, 3.05) is 6.26 Å². The van der Waals surface area contributed by atoms with E-state index in [0.29, 0.717) is 23.1 Å². The Morgan fingerprint density at radius 1 is 1.08 bits per heavy atom. The number of nitrogens with zero attached hydrogens (tertiary/aromatic N) is 3. The largest absolute Gasteiger partial charge is 0.416 e. The predicted octanol–water partition coefficient (Wildman–Crippen LogP) is 5.21. The normalized spacial score (nSPS) is 12.8.